The molecule has 1 aliphatic carbocycles. The number of hydrogen-bond donors (Lipinski definition) is 1. The van der Waals surface area contributed by atoms with Crippen molar-refractivity contribution < 1.29 is 19.1 Å². The van der Waals surface area contributed by atoms with Gasteiger partial charge in [-0.1, -0.05) is 0 Å². The van der Waals surface area contributed by atoms with Crippen molar-refractivity contribution in [3.8, 4) is 0 Å². The van der Waals surface area contributed by atoms with Gasteiger partial charge in [0, 0.05) is 19.3 Å². The normalized spacial score (nSPS) is 21.2. The number of rotatable bonds is 5. The zero-order chi connectivity index (χ0) is 15.9. The van der Waals surface area contributed by atoms with E-state index in [1.165, 1.54) is 6.20 Å². The Balaban J connectivity index is 2.02. The highest BCUT2D eigenvalue weighted by Gasteiger charge is 2.25. The summed E-state index contributed by atoms with van der Waals surface area (Å²) in [6.45, 7) is 1.96. The molecule has 0 radical (unpaired) electrons. The lowest BCUT2D eigenvalue weighted by Gasteiger charge is -2.28. The van der Waals surface area contributed by atoms with Gasteiger partial charge in [0.15, 0.2) is 5.69 Å². The molecule has 1 saturated carbocycles. The molecule has 0 saturated heterocycles. The second-order valence-electron chi connectivity index (χ2n) is 5.30. The number of aromatic nitrogens is 1. The molecule has 22 heavy (non-hydrogen) atoms. The molecule has 6 heteroatoms. The number of methoxy groups -OCH3 is 1. The smallest absolute Gasteiger partial charge is 0.357 e. The van der Waals surface area contributed by atoms with Crippen molar-refractivity contribution in [2.45, 2.75) is 44.8 Å². The van der Waals surface area contributed by atoms with Crippen LogP contribution in [0.4, 0.5) is 0 Å². The predicted octanol–water partition coefficient (Wildman–Crippen LogP) is 1.95. The summed E-state index contributed by atoms with van der Waals surface area (Å²) in [5, 5.41) is 2.97. The van der Waals surface area contributed by atoms with Crippen LogP contribution in [0.2, 0.25) is 0 Å². The lowest BCUT2D eigenvalue weighted by molar-refractivity contribution is 0.0513. The molecule has 1 aliphatic rings. The van der Waals surface area contributed by atoms with Gasteiger partial charge in [-0.05, 0) is 44.7 Å². The zero-order valence-corrected chi connectivity index (χ0v) is 13.0. The number of carbonyl (C=O) groups excluding carboxylic acids is 2. The van der Waals surface area contributed by atoms with Crippen LogP contribution in [0, 0.1) is 0 Å². The number of carbonyl (C=O) groups is 2. The monoisotopic (exact) mass is 306 g/mol. The SMILES string of the molecule is CCOC(=O)c1ncccc1C(=O)NC1CCC(OC)CC1. The van der Waals surface area contributed by atoms with E-state index < -0.39 is 5.97 Å². The van der Waals surface area contributed by atoms with Gasteiger partial charge in [-0.3, -0.25) is 4.79 Å². The minimum atomic E-state index is -0.573. The van der Waals surface area contributed by atoms with Crippen molar-refractivity contribution in [2.75, 3.05) is 13.7 Å². The van der Waals surface area contributed by atoms with Gasteiger partial charge in [0.25, 0.3) is 5.91 Å². The van der Waals surface area contributed by atoms with Gasteiger partial charge < -0.3 is 14.8 Å². The predicted molar refractivity (Wildman–Crippen MR) is 80.7 cm³/mol. The van der Waals surface area contributed by atoms with Crippen molar-refractivity contribution in [1.82, 2.24) is 10.3 Å². The largest absolute Gasteiger partial charge is 0.461 e. The molecule has 6 nitrogen and oxygen atoms in total. The highest BCUT2D eigenvalue weighted by molar-refractivity contribution is 6.04. The van der Waals surface area contributed by atoms with Gasteiger partial charge in [-0.2, -0.15) is 0 Å². The van der Waals surface area contributed by atoms with E-state index in [1.54, 1.807) is 26.2 Å². The topological polar surface area (TPSA) is 77.5 Å². The first-order chi connectivity index (χ1) is 10.7. The van der Waals surface area contributed by atoms with Gasteiger partial charge in [0.1, 0.15) is 0 Å². The molecule has 1 fully saturated rings. The Kier molecular flexibility index (Phi) is 5.89. The number of amides is 1. The van der Waals surface area contributed by atoms with Crippen LogP contribution in [0.3, 0.4) is 0 Å². The van der Waals surface area contributed by atoms with Crippen molar-refractivity contribution in [3.63, 3.8) is 0 Å². The molecule has 0 atom stereocenters. The van der Waals surface area contributed by atoms with Gasteiger partial charge in [-0.15, -0.1) is 0 Å². The van der Waals surface area contributed by atoms with Crippen LogP contribution in [0.5, 0.6) is 0 Å². The number of nitrogens with zero attached hydrogens (tertiary/aromatic N) is 1. The van der Waals surface area contributed by atoms with E-state index in [1.807, 2.05) is 0 Å². The quantitative estimate of drug-likeness (QED) is 0.841. The lowest BCUT2D eigenvalue weighted by atomic mass is 9.92. The molecule has 1 N–H and O–H groups in total. The van der Waals surface area contributed by atoms with Crippen LogP contribution in [-0.4, -0.2) is 42.7 Å². The van der Waals surface area contributed by atoms with Crippen LogP contribution in [0.1, 0.15) is 53.5 Å². The summed E-state index contributed by atoms with van der Waals surface area (Å²) in [5.74, 6) is -0.853. The molecule has 0 bridgehead atoms. The van der Waals surface area contributed by atoms with Crippen molar-refractivity contribution in [3.05, 3.63) is 29.6 Å². The highest BCUT2D eigenvalue weighted by Crippen LogP contribution is 2.21. The summed E-state index contributed by atoms with van der Waals surface area (Å²) >= 11 is 0. The van der Waals surface area contributed by atoms with E-state index >= 15 is 0 Å². The van der Waals surface area contributed by atoms with Crippen LogP contribution < -0.4 is 5.32 Å². The summed E-state index contributed by atoms with van der Waals surface area (Å²) in [6.07, 6.45) is 5.37. The van der Waals surface area contributed by atoms with Crippen molar-refractivity contribution in [1.29, 1.82) is 0 Å². The van der Waals surface area contributed by atoms with E-state index in [0.717, 1.165) is 25.7 Å². The fourth-order valence-electron chi connectivity index (χ4n) is 2.66. The lowest BCUT2D eigenvalue weighted by Crippen LogP contribution is -2.39. The van der Waals surface area contributed by atoms with Crippen LogP contribution in [0.25, 0.3) is 0 Å². The maximum absolute atomic E-state index is 12.4. The molecule has 0 unspecified atom stereocenters. The number of hydrogen-bond acceptors (Lipinski definition) is 5. The minimum Gasteiger partial charge on any atom is -0.461 e. The minimum absolute atomic E-state index is 0.0624. The maximum atomic E-state index is 12.4. The zero-order valence-electron chi connectivity index (χ0n) is 13.0. The molecule has 1 heterocycles. The third-order valence-corrected chi connectivity index (χ3v) is 3.86. The fourth-order valence-corrected chi connectivity index (χ4v) is 2.66. The number of pyridine rings is 1. The highest BCUT2D eigenvalue weighted by atomic mass is 16.5. The van der Waals surface area contributed by atoms with Gasteiger partial charge in [0.2, 0.25) is 0 Å². The molecule has 0 spiro atoms. The Morgan fingerprint density at radius 2 is 2.05 bits per heavy atom. The Labute approximate surface area is 130 Å². The van der Waals surface area contributed by atoms with E-state index in [2.05, 4.69) is 10.3 Å². The molecule has 0 aliphatic heterocycles. The molecular formula is C16H22N2O4. The fraction of sp³-hybridized carbons (Fsp3) is 0.562. The first-order valence-corrected chi connectivity index (χ1v) is 7.61. The number of nitrogens with one attached hydrogen (secondary N) is 1. The average molecular weight is 306 g/mol. The van der Waals surface area contributed by atoms with Crippen molar-refractivity contribution in [2.24, 2.45) is 0 Å². The summed E-state index contributed by atoms with van der Waals surface area (Å²) in [4.78, 5) is 28.2. The first-order valence-electron chi connectivity index (χ1n) is 7.61. The van der Waals surface area contributed by atoms with Crippen molar-refractivity contribution >= 4 is 11.9 Å². The summed E-state index contributed by atoms with van der Waals surface area (Å²) in [7, 11) is 1.71. The Morgan fingerprint density at radius 1 is 1.32 bits per heavy atom. The second-order valence-corrected chi connectivity index (χ2v) is 5.30. The van der Waals surface area contributed by atoms with Crippen LogP contribution in [-0.2, 0) is 9.47 Å². The molecule has 1 amide bonds. The number of esters is 1. The molecule has 2 rings (SSSR count). The van der Waals surface area contributed by atoms with Gasteiger partial charge >= 0.3 is 5.97 Å². The summed E-state index contributed by atoms with van der Waals surface area (Å²) in [6, 6.07) is 3.34. The van der Waals surface area contributed by atoms with Gasteiger partial charge in [0.05, 0.1) is 18.3 Å². The standard InChI is InChI=1S/C16H22N2O4/c1-3-22-16(20)14-13(5-4-10-17-14)15(19)18-11-6-8-12(21-2)9-7-11/h4-5,10-12H,3,6-9H2,1-2H3,(H,18,19). The van der Waals surface area contributed by atoms with Gasteiger partial charge in [-0.25, -0.2) is 9.78 Å². The van der Waals surface area contributed by atoms with E-state index in [0.29, 0.717) is 0 Å². The molecule has 120 valence electrons. The number of ether oxygens (including phenoxy) is 2. The molecule has 1 aromatic heterocycles. The van der Waals surface area contributed by atoms with E-state index in [-0.39, 0.29) is 35.9 Å². The Morgan fingerprint density at radius 3 is 2.68 bits per heavy atom. The van der Waals surface area contributed by atoms with E-state index in [4.69, 9.17) is 9.47 Å². The third kappa shape index (κ3) is 4.04. The molecular weight excluding hydrogens is 284 g/mol. The molecule has 0 aromatic carbocycles. The average Bonchev–Trinajstić information content (AvgIpc) is 2.55. The first kappa shape index (κ1) is 16.4. The van der Waals surface area contributed by atoms with Crippen LogP contribution in [0.15, 0.2) is 18.3 Å². The maximum Gasteiger partial charge on any atom is 0.357 e. The third-order valence-electron chi connectivity index (χ3n) is 3.86. The second kappa shape index (κ2) is 7.89. The summed E-state index contributed by atoms with van der Waals surface area (Å²) < 4.78 is 10.3. The van der Waals surface area contributed by atoms with Crippen LogP contribution >= 0.6 is 0 Å². The molecule has 1 aromatic rings. The summed E-state index contributed by atoms with van der Waals surface area (Å²) in [5.41, 5.74) is 0.322. The Hall–Kier alpha value is -1.95. The van der Waals surface area contributed by atoms with E-state index in [9.17, 15) is 9.59 Å². The Bertz CT molecular complexity index is 525.